The molecule has 0 aliphatic rings. The van der Waals surface area contributed by atoms with Crippen LogP contribution in [0.1, 0.15) is 11.4 Å². The highest BCUT2D eigenvalue weighted by molar-refractivity contribution is 7.99. The zero-order valence-electron chi connectivity index (χ0n) is 9.08. The van der Waals surface area contributed by atoms with E-state index in [1.807, 2.05) is 6.92 Å². The van der Waals surface area contributed by atoms with Crippen molar-refractivity contribution < 1.29 is 0 Å². The van der Waals surface area contributed by atoms with Crippen molar-refractivity contribution in [1.29, 1.82) is 5.41 Å². The van der Waals surface area contributed by atoms with E-state index in [-0.39, 0.29) is 5.84 Å². The molecule has 0 atom stereocenters. The summed E-state index contributed by atoms with van der Waals surface area (Å²) >= 11 is 1.24. The molecule has 2 rings (SSSR count). The summed E-state index contributed by atoms with van der Waals surface area (Å²) in [4.78, 5) is 16.5. The van der Waals surface area contributed by atoms with Crippen LogP contribution in [0.4, 0.5) is 0 Å². The highest BCUT2D eigenvalue weighted by atomic mass is 32.2. The Labute approximate surface area is 102 Å². The fourth-order valence-electron chi connectivity index (χ4n) is 1.14. The molecule has 7 heteroatoms. The lowest BCUT2D eigenvalue weighted by Crippen LogP contribution is -2.14. The number of aryl methyl sites for hydroxylation is 1. The highest BCUT2D eigenvalue weighted by Gasteiger charge is 2.07. The van der Waals surface area contributed by atoms with Crippen LogP contribution in [0.2, 0.25) is 0 Å². The molecule has 6 nitrogen and oxygen atoms in total. The average Bonchev–Trinajstić information content (AvgIpc) is 2.29. The molecule has 0 aliphatic heterocycles. The molecule has 0 unspecified atom stereocenters. The molecule has 0 saturated carbocycles. The first-order valence-corrected chi connectivity index (χ1v) is 5.62. The summed E-state index contributed by atoms with van der Waals surface area (Å²) < 4.78 is 0. The zero-order valence-corrected chi connectivity index (χ0v) is 9.90. The summed E-state index contributed by atoms with van der Waals surface area (Å²) in [7, 11) is 0. The van der Waals surface area contributed by atoms with Crippen LogP contribution in [0, 0.1) is 12.3 Å². The van der Waals surface area contributed by atoms with Crippen molar-refractivity contribution in [1.82, 2.24) is 19.9 Å². The Kier molecular flexibility index (Phi) is 3.29. The SMILES string of the molecule is Cc1cc(C(=N)N)nc(Sc2ncccn2)n1. The number of nitrogen functional groups attached to an aromatic ring is 1. The number of hydrogen-bond donors (Lipinski definition) is 2. The molecule has 0 spiro atoms. The summed E-state index contributed by atoms with van der Waals surface area (Å²) in [6.07, 6.45) is 3.30. The Bertz CT molecular complexity index is 542. The van der Waals surface area contributed by atoms with Crippen molar-refractivity contribution in [3.05, 3.63) is 35.9 Å². The second-order valence-corrected chi connectivity index (χ2v) is 4.16. The monoisotopic (exact) mass is 246 g/mol. The van der Waals surface area contributed by atoms with E-state index in [2.05, 4.69) is 19.9 Å². The predicted octanol–water partition coefficient (Wildman–Crippen LogP) is 1.01. The van der Waals surface area contributed by atoms with E-state index in [9.17, 15) is 0 Å². The number of aromatic nitrogens is 4. The van der Waals surface area contributed by atoms with Gasteiger partial charge in [0.25, 0.3) is 0 Å². The fourth-order valence-corrected chi connectivity index (χ4v) is 1.87. The number of nitrogens with zero attached hydrogens (tertiary/aromatic N) is 4. The molecule has 2 heterocycles. The lowest BCUT2D eigenvalue weighted by Gasteiger charge is -2.03. The van der Waals surface area contributed by atoms with Gasteiger partial charge in [0.05, 0.1) is 0 Å². The summed E-state index contributed by atoms with van der Waals surface area (Å²) in [5.41, 5.74) is 6.56. The van der Waals surface area contributed by atoms with Crippen LogP contribution in [0.5, 0.6) is 0 Å². The molecule has 0 amide bonds. The van der Waals surface area contributed by atoms with Crippen molar-refractivity contribution in [3.8, 4) is 0 Å². The van der Waals surface area contributed by atoms with Gasteiger partial charge in [-0.3, -0.25) is 5.41 Å². The van der Waals surface area contributed by atoms with Gasteiger partial charge in [-0.05, 0) is 30.8 Å². The Morgan fingerprint density at radius 1 is 1.24 bits per heavy atom. The minimum atomic E-state index is -0.0775. The third-order valence-electron chi connectivity index (χ3n) is 1.83. The number of amidine groups is 1. The topological polar surface area (TPSA) is 101 Å². The van der Waals surface area contributed by atoms with Gasteiger partial charge in [0.15, 0.2) is 10.3 Å². The quantitative estimate of drug-likeness (QED) is 0.476. The number of nitrogens with two attached hydrogens (primary N) is 1. The first-order chi connectivity index (χ1) is 8.15. The van der Waals surface area contributed by atoms with Crippen LogP contribution >= 0.6 is 11.8 Å². The molecule has 0 fully saturated rings. The lowest BCUT2D eigenvalue weighted by molar-refractivity contribution is 0.900. The first-order valence-electron chi connectivity index (χ1n) is 4.80. The van der Waals surface area contributed by atoms with E-state index in [1.54, 1.807) is 24.5 Å². The van der Waals surface area contributed by atoms with Crippen molar-refractivity contribution in [2.45, 2.75) is 17.2 Å². The largest absolute Gasteiger partial charge is 0.382 e. The normalized spacial score (nSPS) is 10.2. The Balaban J connectivity index is 2.30. The third kappa shape index (κ3) is 2.97. The summed E-state index contributed by atoms with van der Waals surface area (Å²) in [6.45, 7) is 1.82. The molecule has 2 aromatic rings. The molecule has 2 aromatic heterocycles. The maximum atomic E-state index is 7.36. The number of nitrogens with one attached hydrogen (secondary N) is 1. The molecule has 86 valence electrons. The van der Waals surface area contributed by atoms with Crippen molar-refractivity contribution >= 4 is 17.6 Å². The molecular formula is C10H10N6S. The molecule has 0 bridgehead atoms. The van der Waals surface area contributed by atoms with Gasteiger partial charge in [0.1, 0.15) is 11.5 Å². The van der Waals surface area contributed by atoms with Crippen molar-refractivity contribution in [2.24, 2.45) is 5.73 Å². The molecular weight excluding hydrogens is 236 g/mol. The minimum Gasteiger partial charge on any atom is -0.382 e. The van der Waals surface area contributed by atoms with Gasteiger partial charge < -0.3 is 5.73 Å². The van der Waals surface area contributed by atoms with Crippen LogP contribution in [-0.4, -0.2) is 25.8 Å². The van der Waals surface area contributed by atoms with Gasteiger partial charge in [-0.2, -0.15) is 0 Å². The Morgan fingerprint density at radius 2 is 1.94 bits per heavy atom. The second kappa shape index (κ2) is 4.88. The van der Waals surface area contributed by atoms with Gasteiger partial charge in [-0.1, -0.05) is 0 Å². The van der Waals surface area contributed by atoms with Gasteiger partial charge in [-0.25, -0.2) is 19.9 Å². The highest BCUT2D eigenvalue weighted by Crippen LogP contribution is 2.20. The van der Waals surface area contributed by atoms with Gasteiger partial charge >= 0.3 is 0 Å². The van der Waals surface area contributed by atoms with Crippen LogP contribution in [0.25, 0.3) is 0 Å². The maximum absolute atomic E-state index is 7.36. The molecule has 0 aromatic carbocycles. The van der Waals surface area contributed by atoms with E-state index >= 15 is 0 Å². The summed E-state index contributed by atoms with van der Waals surface area (Å²) in [5, 5.41) is 8.41. The maximum Gasteiger partial charge on any atom is 0.196 e. The smallest absolute Gasteiger partial charge is 0.196 e. The molecule has 0 saturated heterocycles. The van der Waals surface area contributed by atoms with E-state index in [0.717, 1.165) is 5.69 Å². The van der Waals surface area contributed by atoms with Crippen molar-refractivity contribution in [3.63, 3.8) is 0 Å². The summed E-state index contributed by atoms with van der Waals surface area (Å²) in [6, 6.07) is 3.40. The van der Waals surface area contributed by atoms with E-state index < -0.39 is 0 Å². The van der Waals surface area contributed by atoms with Crippen molar-refractivity contribution in [2.75, 3.05) is 0 Å². The molecule has 0 aliphatic carbocycles. The predicted molar refractivity (Wildman–Crippen MR) is 63.9 cm³/mol. The van der Waals surface area contributed by atoms with E-state index in [1.165, 1.54) is 11.8 Å². The molecule has 3 N–H and O–H groups in total. The van der Waals surface area contributed by atoms with Gasteiger partial charge in [0.2, 0.25) is 0 Å². The van der Waals surface area contributed by atoms with E-state index in [4.69, 9.17) is 11.1 Å². The van der Waals surface area contributed by atoms with Crippen LogP contribution in [0.3, 0.4) is 0 Å². The first kappa shape index (κ1) is 11.5. The Hall–Kier alpha value is -2.02. The lowest BCUT2D eigenvalue weighted by atomic mass is 10.3. The standard InChI is InChI=1S/C10H10N6S/c1-6-5-7(8(11)12)16-10(15-6)17-9-13-3-2-4-14-9/h2-5H,1H3,(H3,11,12). The van der Waals surface area contributed by atoms with Crippen LogP contribution < -0.4 is 5.73 Å². The van der Waals surface area contributed by atoms with E-state index in [0.29, 0.717) is 16.0 Å². The fraction of sp³-hybridized carbons (Fsp3) is 0.100. The van der Waals surface area contributed by atoms with Crippen LogP contribution in [-0.2, 0) is 0 Å². The minimum absolute atomic E-state index is 0.0775. The number of rotatable bonds is 3. The van der Waals surface area contributed by atoms with Crippen LogP contribution in [0.15, 0.2) is 34.8 Å². The Morgan fingerprint density at radius 3 is 2.59 bits per heavy atom. The van der Waals surface area contributed by atoms with Gasteiger partial charge in [0, 0.05) is 18.1 Å². The van der Waals surface area contributed by atoms with Gasteiger partial charge in [-0.15, -0.1) is 0 Å². The second-order valence-electron chi connectivity index (χ2n) is 3.22. The number of hydrogen-bond acceptors (Lipinski definition) is 6. The molecule has 0 radical (unpaired) electrons. The molecule has 17 heavy (non-hydrogen) atoms. The average molecular weight is 246 g/mol. The third-order valence-corrected chi connectivity index (χ3v) is 2.59. The zero-order chi connectivity index (χ0) is 12.3. The summed E-state index contributed by atoms with van der Waals surface area (Å²) in [5.74, 6) is -0.0775.